The molecule has 110 valence electrons. The molecule has 1 aromatic rings. The second-order valence-electron chi connectivity index (χ2n) is 5.98. The number of hydrogen-bond acceptors (Lipinski definition) is 2. The molecule has 3 unspecified atom stereocenters. The molecule has 0 bridgehead atoms. The maximum absolute atomic E-state index is 12.4. The molecule has 0 aromatic heterocycles. The number of ether oxygens (including phenoxy) is 1. The van der Waals surface area contributed by atoms with Gasteiger partial charge in [0.25, 0.3) is 5.91 Å². The Morgan fingerprint density at radius 3 is 2.90 bits per heavy atom. The van der Waals surface area contributed by atoms with Crippen molar-refractivity contribution in [3.05, 3.63) is 35.4 Å². The van der Waals surface area contributed by atoms with Crippen molar-refractivity contribution in [1.82, 2.24) is 5.32 Å². The minimum absolute atomic E-state index is 0.0360. The van der Waals surface area contributed by atoms with Gasteiger partial charge in [0.15, 0.2) is 0 Å². The number of carbonyl (C=O) groups is 1. The fourth-order valence-electron chi connectivity index (χ4n) is 3.01. The molecule has 1 aliphatic carbocycles. The molecule has 2 rings (SSSR count). The zero-order valence-corrected chi connectivity index (χ0v) is 12.7. The van der Waals surface area contributed by atoms with Crippen molar-refractivity contribution in [2.75, 3.05) is 7.11 Å². The molecular weight excluding hydrogens is 250 g/mol. The predicted molar refractivity (Wildman–Crippen MR) is 80.6 cm³/mol. The van der Waals surface area contributed by atoms with Crippen molar-refractivity contribution in [2.24, 2.45) is 11.8 Å². The fourth-order valence-corrected chi connectivity index (χ4v) is 3.01. The topological polar surface area (TPSA) is 38.3 Å². The van der Waals surface area contributed by atoms with Gasteiger partial charge in [-0.3, -0.25) is 4.79 Å². The van der Waals surface area contributed by atoms with Gasteiger partial charge in [-0.25, -0.2) is 0 Å². The van der Waals surface area contributed by atoms with E-state index in [1.807, 2.05) is 24.3 Å². The zero-order valence-electron chi connectivity index (χ0n) is 12.7. The second kappa shape index (κ2) is 6.89. The zero-order chi connectivity index (χ0) is 14.5. The van der Waals surface area contributed by atoms with E-state index in [2.05, 4.69) is 19.2 Å². The molecule has 1 aliphatic rings. The van der Waals surface area contributed by atoms with E-state index in [4.69, 9.17) is 4.74 Å². The lowest BCUT2D eigenvalue weighted by Gasteiger charge is -2.34. The first kappa shape index (κ1) is 15.0. The van der Waals surface area contributed by atoms with Crippen molar-refractivity contribution in [1.29, 1.82) is 0 Å². The van der Waals surface area contributed by atoms with Crippen molar-refractivity contribution >= 4 is 5.91 Å². The number of nitrogens with one attached hydrogen (secondary N) is 1. The highest BCUT2D eigenvalue weighted by atomic mass is 16.5. The summed E-state index contributed by atoms with van der Waals surface area (Å²) in [5.74, 6) is 1.28. The summed E-state index contributed by atoms with van der Waals surface area (Å²) in [6.07, 6.45) is 3.58. The van der Waals surface area contributed by atoms with Gasteiger partial charge >= 0.3 is 0 Å². The first-order valence-corrected chi connectivity index (χ1v) is 7.50. The van der Waals surface area contributed by atoms with Crippen LogP contribution in [0.4, 0.5) is 0 Å². The Morgan fingerprint density at radius 1 is 1.35 bits per heavy atom. The number of amides is 1. The molecule has 0 radical (unpaired) electrons. The molecule has 0 heterocycles. The van der Waals surface area contributed by atoms with Crippen molar-refractivity contribution in [3.63, 3.8) is 0 Å². The minimum Gasteiger partial charge on any atom is -0.380 e. The fraction of sp³-hybridized carbons (Fsp3) is 0.588. The molecule has 3 nitrogen and oxygen atoms in total. The van der Waals surface area contributed by atoms with Gasteiger partial charge < -0.3 is 10.1 Å². The van der Waals surface area contributed by atoms with Crippen LogP contribution in [0, 0.1) is 11.8 Å². The van der Waals surface area contributed by atoms with E-state index in [0.717, 1.165) is 17.5 Å². The van der Waals surface area contributed by atoms with Gasteiger partial charge in [0.1, 0.15) is 0 Å². The molecule has 1 N–H and O–H groups in total. The van der Waals surface area contributed by atoms with E-state index in [1.165, 1.54) is 12.8 Å². The summed E-state index contributed by atoms with van der Waals surface area (Å²) in [6.45, 7) is 5.07. The standard InChI is InChI=1S/C17H25NO2/c1-12-6-4-9-16(13(12)2)18-17(19)15-8-5-7-14(10-15)11-20-3/h5,7-8,10,12-13,16H,4,6,9,11H2,1-3H3,(H,18,19). The van der Waals surface area contributed by atoms with Crippen LogP contribution in [0.3, 0.4) is 0 Å². The Kier molecular flexibility index (Phi) is 5.18. The SMILES string of the molecule is COCc1cccc(C(=O)NC2CCCC(C)C2C)c1. The highest BCUT2D eigenvalue weighted by Gasteiger charge is 2.28. The molecule has 0 spiro atoms. The summed E-state index contributed by atoms with van der Waals surface area (Å²) in [5.41, 5.74) is 1.76. The average Bonchev–Trinajstić information content (AvgIpc) is 2.44. The predicted octanol–water partition coefficient (Wildman–Crippen LogP) is 3.39. The summed E-state index contributed by atoms with van der Waals surface area (Å²) in [6, 6.07) is 7.97. The number of benzene rings is 1. The molecule has 0 saturated heterocycles. The van der Waals surface area contributed by atoms with Gasteiger partial charge in [-0.1, -0.05) is 38.8 Å². The lowest BCUT2D eigenvalue weighted by atomic mass is 9.78. The maximum Gasteiger partial charge on any atom is 0.251 e. The Bertz CT molecular complexity index is 458. The van der Waals surface area contributed by atoms with Crippen LogP contribution in [0.1, 0.15) is 49.0 Å². The van der Waals surface area contributed by atoms with E-state index in [0.29, 0.717) is 24.5 Å². The van der Waals surface area contributed by atoms with Gasteiger partial charge in [-0.15, -0.1) is 0 Å². The van der Waals surface area contributed by atoms with Crippen LogP contribution in [0.15, 0.2) is 24.3 Å². The first-order chi connectivity index (χ1) is 9.61. The molecule has 0 aliphatic heterocycles. The Morgan fingerprint density at radius 2 is 2.15 bits per heavy atom. The number of rotatable bonds is 4. The molecule has 1 aromatic carbocycles. The molecule has 3 atom stereocenters. The minimum atomic E-state index is 0.0360. The number of methoxy groups -OCH3 is 1. The quantitative estimate of drug-likeness (QED) is 0.914. The maximum atomic E-state index is 12.4. The molecule has 3 heteroatoms. The van der Waals surface area contributed by atoms with Crippen molar-refractivity contribution in [2.45, 2.75) is 45.8 Å². The van der Waals surface area contributed by atoms with Crippen LogP contribution in [0.2, 0.25) is 0 Å². The monoisotopic (exact) mass is 275 g/mol. The average molecular weight is 275 g/mol. The highest BCUT2D eigenvalue weighted by Crippen LogP contribution is 2.29. The molecule has 1 fully saturated rings. The van der Waals surface area contributed by atoms with Gasteiger partial charge in [-0.2, -0.15) is 0 Å². The number of hydrogen-bond donors (Lipinski definition) is 1. The van der Waals surface area contributed by atoms with Gasteiger partial charge in [0.05, 0.1) is 6.61 Å². The molecular formula is C17H25NO2. The van der Waals surface area contributed by atoms with Gasteiger partial charge in [0.2, 0.25) is 0 Å². The van der Waals surface area contributed by atoms with Crippen LogP contribution >= 0.6 is 0 Å². The summed E-state index contributed by atoms with van der Waals surface area (Å²) in [7, 11) is 1.66. The van der Waals surface area contributed by atoms with Crippen LogP contribution < -0.4 is 5.32 Å². The molecule has 20 heavy (non-hydrogen) atoms. The Balaban J connectivity index is 2.02. The second-order valence-corrected chi connectivity index (χ2v) is 5.98. The van der Waals surface area contributed by atoms with Crippen LogP contribution in [0.25, 0.3) is 0 Å². The van der Waals surface area contributed by atoms with Crippen molar-refractivity contribution in [3.8, 4) is 0 Å². The third kappa shape index (κ3) is 3.60. The van der Waals surface area contributed by atoms with E-state index in [-0.39, 0.29) is 5.91 Å². The summed E-state index contributed by atoms with van der Waals surface area (Å²) >= 11 is 0. The number of carbonyl (C=O) groups excluding carboxylic acids is 1. The van der Waals surface area contributed by atoms with E-state index in [9.17, 15) is 4.79 Å². The highest BCUT2D eigenvalue weighted by molar-refractivity contribution is 5.94. The smallest absolute Gasteiger partial charge is 0.251 e. The van der Waals surface area contributed by atoms with Gasteiger partial charge in [-0.05, 0) is 36.0 Å². The van der Waals surface area contributed by atoms with Crippen LogP contribution in [-0.2, 0) is 11.3 Å². The Labute approximate surface area is 121 Å². The first-order valence-electron chi connectivity index (χ1n) is 7.50. The van der Waals surface area contributed by atoms with Crippen LogP contribution in [0.5, 0.6) is 0 Å². The summed E-state index contributed by atoms with van der Waals surface area (Å²) < 4.78 is 5.11. The molecule has 1 amide bonds. The summed E-state index contributed by atoms with van der Waals surface area (Å²) in [4.78, 5) is 12.4. The van der Waals surface area contributed by atoms with E-state index in [1.54, 1.807) is 7.11 Å². The third-order valence-corrected chi connectivity index (χ3v) is 4.52. The largest absolute Gasteiger partial charge is 0.380 e. The van der Waals surface area contributed by atoms with E-state index < -0.39 is 0 Å². The van der Waals surface area contributed by atoms with E-state index >= 15 is 0 Å². The summed E-state index contributed by atoms with van der Waals surface area (Å²) in [5, 5.41) is 3.20. The van der Waals surface area contributed by atoms with Gasteiger partial charge in [0, 0.05) is 18.7 Å². The Hall–Kier alpha value is -1.35. The van der Waals surface area contributed by atoms with Crippen molar-refractivity contribution < 1.29 is 9.53 Å². The lowest BCUT2D eigenvalue weighted by Crippen LogP contribution is -2.43. The third-order valence-electron chi connectivity index (χ3n) is 4.52. The lowest BCUT2D eigenvalue weighted by molar-refractivity contribution is 0.0890. The normalized spacial score (nSPS) is 26.2. The molecule has 1 saturated carbocycles. The van der Waals surface area contributed by atoms with Crippen LogP contribution in [-0.4, -0.2) is 19.1 Å².